The molecule has 0 bridgehead atoms. The van der Waals surface area contributed by atoms with Gasteiger partial charge in [-0.3, -0.25) is 19.2 Å². The molecule has 1 saturated heterocycles. The Hall–Kier alpha value is -2.64. The first-order chi connectivity index (χ1) is 13.6. The van der Waals surface area contributed by atoms with Crippen molar-refractivity contribution in [1.82, 2.24) is 0 Å². The third kappa shape index (κ3) is 8.50. The van der Waals surface area contributed by atoms with Crippen LogP contribution < -0.4 is 0 Å². The first-order valence-corrected chi connectivity index (χ1v) is 9.01. The van der Waals surface area contributed by atoms with E-state index in [2.05, 4.69) is 5.92 Å². The molecular formula is C19H26O10. The third-order valence-electron chi connectivity index (χ3n) is 3.70. The lowest BCUT2D eigenvalue weighted by Gasteiger charge is -2.44. The van der Waals surface area contributed by atoms with E-state index < -0.39 is 54.6 Å². The van der Waals surface area contributed by atoms with E-state index in [0.29, 0.717) is 12.8 Å². The van der Waals surface area contributed by atoms with Crippen molar-refractivity contribution in [3.8, 4) is 12.3 Å². The molecular weight excluding hydrogens is 388 g/mol. The SMILES string of the molecule is C#CCCCOC1OC(COC(C)=O)C(OC(C)=O)C(OC(C)=O)C1OC(C)=O. The number of hydrogen-bond donors (Lipinski definition) is 0. The Morgan fingerprint density at radius 1 is 0.862 bits per heavy atom. The van der Waals surface area contributed by atoms with E-state index in [4.69, 9.17) is 34.8 Å². The van der Waals surface area contributed by atoms with E-state index in [1.54, 1.807) is 0 Å². The lowest BCUT2D eigenvalue weighted by molar-refractivity contribution is -0.308. The molecule has 10 nitrogen and oxygen atoms in total. The van der Waals surface area contributed by atoms with Crippen molar-refractivity contribution in [2.24, 2.45) is 0 Å². The molecule has 1 fully saturated rings. The average molecular weight is 414 g/mol. The first-order valence-electron chi connectivity index (χ1n) is 9.01. The molecule has 0 aromatic heterocycles. The number of ether oxygens (including phenoxy) is 6. The van der Waals surface area contributed by atoms with Gasteiger partial charge in [0.05, 0.1) is 6.61 Å². The first kappa shape index (κ1) is 24.4. The summed E-state index contributed by atoms with van der Waals surface area (Å²) in [5, 5.41) is 0. The zero-order chi connectivity index (χ0) is 22.0. The summed E-state index contributed by atoms with van der Waals surface area (Å²) in [6.07, 6.45) is 0.293. The lowest BCUT2D eigenvalue weighted by Crippen LogP contribution is -2.63. The van der Waals surface area contributed by atoms with Gasteiger partial charge in [0, 0.05) is 34.1 Å². The summed E-state index contributed by atoms with van der Waals surface area (Å²) < 4.78 is 32.1. The summed E-state index contributed by atoms with van der Waals surface area (Å²) in [7, 11) is 0. The van der Waals surface area contributed by atoms with Crippen molar-refractivity contribution in [2.45, 2.75) is 71.2 Å². The van der Waals surface area contributed by atoms with Gasteiger partial charge in [0.1, 0.15) is 12.7 Å². The number of rotatable bonds is 9. The summed E-state index contributed by atoms with van der Waals surface area (Å²) in [4.78, 5) is 46.1. The molecule has 5 atom stereocenters. The van der Waals surface area contributed by atoms with Crippen molar-refractivity contribution in [3.05, 3.63) is 0 Å². The van der Waals surface area contributed by atoms with E-state index in [-0.39, 0.29) is 13.2 Å². The molecule has 1 rings (SSSR count). The molecule has 0 N–H and O–H groups in total. The van der Waals surface area contributed by atoms with Crippen LogP contribution in [0.5, 0.6) is 0 Å². The van der Waals surface area contributed by atoms with Crippen LogP contribution in [0.3, 0.4) is 0 Å². The van der Waals surface area contributed by atoms with E-state index >= 15 is 0 Å². The van der Waals surface area contributed by atoms with Crippen LogP contribution in [0.2, 0.25) is 0 Å². The Balaban J connectivity index is 3.19. The molecule has 10 heteroatoms. The normalized spacial score (nSPS) is 26.0. The number of unbranched alkanes of at least 4 members (excludes halogenated alkanes) is 1. The highest BCUT2D eigenvalue weighted by molar-refractivity contribution is 5.68. The molecule has 1 heterocycles. The third-order valence-corrected chi connectivity index (χ3v) is 3.70. The maximum absolute atomic E-state index is 11.7. The van der Waals surface area contributed by atoms with Crippen LogP contribution in [0, 0.1) is 12.3 Å². The zero-order valence-corrected chi connectivity index (χ0v) is 16.9. The second kappa shape index (κ2) is 12.0. The molecule has 0 amide bonds. The second-order valence-electron chi connectivity index (χ2n) is 6.25. The molecule has 1 aliphatic rings. The van der Waals surface area contributed by atoms with Crippen molar-refractivity contribution >= 4 is 23.9 Å². The number of hydrogen-bond acceptors (Lipinski definition) is 10. The van der Waals surface area contributed by atoms with Gasteiger partial charge in [-0.05, 0) is 6.42 Å². The number of carbonyl (C=O) groups is 4. The topological polar surface area (TPSA) is 124 Å². The fraction of sp³-hybridized carbons (Fsp3) is 0.684. The molecule has 0 spiro atoms. The number of carbonyl (C=O) groups excluding carboxylic acids is 4. The highest BCUT2D eigenvalue weighted by Crippen LogP contribution is 2.30. The Labute approximate surface area is 169 Å². The van der Waals surface area contributed by atoms with Crippen LogP contribution in [0.15, 0.2) is 0 Å². The van der Waals surface area contributed by atoms with Gasteiger partial charge in [-0.15, -0.1) is 12.3 Å². The average Bonchev–Trinajstić information content (AvgIpc) is 2.60. The van der Waals surface area contributed by atoms with E-state index in [1.165, 1.54) is 6.92 Å². The molecule has 0 aromatic rings. The Kier molecular flexibility index (Phi) is 10.1. The molecule has 0 aliphatic carbocycles. The van der Waals surface area contributed by atoms with Gasteiger partial charge in [-0.1, -0.05) is 0 Å². The van der Waals surface area contributed by atoms with Gasteiger partial charge in [0.15, 0.2) is 24.6 Å². The monoisotopic (exact) mass is 414 g/mol. The molecule has 162 valence electrons. The van der Waals surface area contributed by atoms with Gasteiger partial charge in [0.25, 0.3) is 0 Å². The Morgan fingerprint density at radius 3 is 1.93 bits per heavy atom. The van der Waals surface area contributed by atoms with Crippen LogP contribution in [0.4, 0.5) is 0 Å². The smallest absolute Gasteiger partial charge is 0.303 e. The largest absolute Gasteiger partial charge is 0.463 e. The Morgan fingerprint density at radius 2 is 1.41 bits per heavy atom. The Bertz CT molecular complexity index is 637. The quantitative estimate of drug-likeness (QED) is 0.228. The predicted octanol–water partition coefficient (Wildman–Crippen LogP) is 0.500. The van der Waals surface area contributed by atoms with Crippen molar-refractivity contribution < 1.29 is 47.6 Å². The predicted molar refractivity (Wildman–Crippen MR) is 96.0 cm³/mol. The van der Waals surface area contributed by atoms with Crippen LogP contribution in [-0.4, -0.2) is 67.8 Å². The molecule has 5 unspecified atom stereocenters. The maximum atomic E-state index is 11.7. The van der Waals surface area contributed by atoms with Crippen molar-refractivity contribution in [3.63, 3.8) is 0 Å². The minimum atomic E-state index is -1.24. The van der Waals surface area contributed by atoms with Gasteiger partial charge >= 0.3 is 23.9 Å². The van der Waals surface area contributed by atoms with Gasteiger partial charge in [0.2, 0.25) is 0 Å². The van der Waals surface area contributed by atoms with Crippen LogP contribution in [0.1, 0.15) is 40.5 Å². The van der Waals surface area contributed by atoms with Crippen LogP contribution >= 0.6 is 0 Å². The summed E-state index contributed by atoms with van der Waals surface area (Å²) in [6.45, 7) is 4.51. The van der Waals surface area contributed by atoms with Gasteiger partial charge < -0.3 is 28.4 Å². The molecule has 0 saturated carbocycles. The van der Waals surface area contributed by atoms with Crippen molar-refractivity contribution in [1.29, 1.82) is 0 Å². The molecule has 0 aromatic carbocycles. The van der Waals surface area contributed by atoms with E-state index in [9.17, 15) is 19.2 Å². The van der Waals surface area contributed by atoms with E-state index in [1.807, 2.05) is 0 Å². The summed E-state index contributed by atoms with van der Waals surface area (Å²) in [6, 6.07) is 0. The zero-order valence-electron chi connectivity index (χ0n) is 16.9. The molecule has 29 heavy (non-hydrogen) atoms. The number of terminal acetylenes is 1. The number of esters is 4. The summed E-state index contributed by atoms with van der Waals surface area (Å²) in [5.41, 5.74) is 0. The summed E-state index contributed by atoms with van der Waals surface area (Å²) >= 11 is 0. The molecule has 1 aliphatic heterocycles. The van der Waals surface area contributed by atoms with Crippen LogP contribution in [-0.2, 0) is 47.6 Å². The molecule has 0 radical (unpaired) electrons. The highest BCUT2D eigenvalue weighted by atomic mass is 16.7. The second-order valence-corrected chi connectivity index (χ2v) is 6.25. The minimum absolute atomic E-state index is 0.165. The highest BCUT2D eigenvalue weighted by Gasteiger charge is 2.52. The van der Waals surface area contributed by atoms with Crippen molar-refractivity contribution in [2.75, 3.05) is 13.2 Å². The lowest BCUT2D eigenvalue weighted by atomic mass is 9.98. The fourth-order valence-electron chi connectivity index (χ4n) is 2.70. The summed E-state index contributed by atoms with van der Waals surface area (Å²) in [5.74, 6) is -0.214. The standard InChI is InChI=1S/C19H26O10/c1-6-7-8-9-24-19-18(28-14(5)23)17(27-13(4)22)16(26-12(3)21)15(29-19)10-25-11(2)20/h1,15-19H,7-10H2,2-5H3. The fourth-order valence-corrected chi connectivity index (χ4v) is 2.70. The van der Waals surface area contributed by atoms with E-state index in [0.717, 1.165) is 20.8 Å². The minimum Gasteiger partial charge on any atom is -0.463 e. The van der Waals surface area contributed by atoms with Gasteiger partial charge in [-0.25, -0.2) is 0 Å². The maximum Gasteiger partial charge on any atom is 0.303 e. The van der Waals surface area contributed by atoms with Crippen LogP contribution in [0.25, 0.3) is 0 Å². The van der Waals surface area contributed by atoms with Gasteiger partial charge in [-0.2, -0.15) is 0 Å².